The van der Waals surface area contributed by atoms with E-state index in [1.54, 1.807) is 24.2 Å². The van der Waals surface area contributed by atoms with Crippen LogP contribution in [0, 0.1) is 0 Å². The molecule has 0 bridgehead atoms. The average molecular weight is 283 g/mol. The van der Waals surface area contributed by atoms with Gasteiger partial charge in [0.2, 0.25) is 0 Å². The van der Waals surface area contributed by atoms with Crippen LogP contribution in [0.1, 0.15) is 28.4 Å². The van der Waals surface area contributed by atoms with Crippen LogP contribution >= 0.6 is 0 Å². The van der Waals surface area contributed by atoms with Gasteiger partial charge in [0.05, 0.1) is 0 Å². The smallest absolute Gasteiger partial charge is 0.258 e. The number of aryl methyl sites for hydroxylation is 1. The molecule has 1 aliphatic heterocycles. The third-order valence-corrected chi connectivity index (χ3v) is 3.89. The fraction of sp³-hybridized carbons (Fsp3) is 0.250. The summed E-state index contributed by atoms with van der Waals surface area (Å²) in [6.45, 7) is 0.562. The number of hydrogen-bond acceptors (Lipinski definition) is 3. The molecule has 3 rings (SSSR count). The van der Waals surface area contributed by atoms with Gasteiger partial charge in [-0.2, -0.15) is 0 Å². The molecule has 1 aliphatic rings. The Morgan fingerprint density at radius 2 is 2.05 bits per heavy atom. The predicted molar refractivity (Wildman–Crippen MR) is 81.3 cm³/mol. The summed E-state index contributed by atoms with van der Waals surface area (Å²) in [5, 5.41) is 0. The summed E-state index contributed by atoms with van der Waals surface area (Å²) in [7, 11) is 1.66. The molecule has 0 radical (unpaired) electrons. The van der Waals surface area contributed by atoms with Crippen LogP contribution in [0.25, 0.3) is 0 Å². The highest BCUT2D eigenvalue weighted by molar-refractivity contribution is 6.06. The van der Waals surface area contributed by atoms with Crippen LogP contribution in [-0.4, -0.2) is 17.0 Å². The number of hydrogen-bond donors (Lipinski definition) is 1. The fourth-order valence-electron chi connectivity index (χ4n) is 2.64. The third kappa shape index (κ3) is 2.36. The molecule has 0 spiro atoms. The number of amides is 1. The van der Waals surface area contributed by atoms with E-state index in [2.05, 4.69) is 0 Å². The minimum atomic E-state index is -0.192. The lowest BCUT2D eigenvalue weighted by Gasteiger charge is -2.32. The number of aromatic nitrogens is 1. The highest BCUT2D eigenvalue weighted by Gasteiger charge is 2.27. The maximum absolute atomic E-state index is 12.7. The standard InChI is InChI=1S/C16H17N3O2/c1-18-8-6-11(10-15(18)20)16(21)19-9-7-13(17)12-4-2-3-5-14(12)19/h2-6,8,10,13H,7,9,17H2,1H3. The second-order valence-corrected chi connectivity index (χ2v) is 5.28. The Labute approximate surface area is 122 Å². The molecule has 1 unspecified atom stereocenters. The van der Waals surface area contributed by atoms with Gasteiger partial charge in [-0.1, -0.05) is 18.2 Å². The number of carbonyl (C=O) groups excluding carboxylic acids is 1. The third-order valence-electron chi connectivity index (χ3n) is 3.89. The zero-order chi connectivity index (χ0) is 15.0. The Balaban J connectivity index is 2.01. The Hall–Kier alpha value is -2.40. The van der Waals surface area contributed by atoms with E-state index in [1.165, 1.54) is 10.6 Å². The Morgan fingerprint density at radius 1 is 1.29 bits per heavy atom. The molecule has 0 fully saturated rings. The predicted octanol–water partition coefficient (Wildman–Crippen LogP) is 1.44. The maximum atomic E-state index is 12.7. The first-order chi connectivity index (χ1) is 10.1. The van der Waals surface area contributed by atoms with Crippen molar-refractivity contribution >= 4 is 11.6 Å². The highest BCUT2D eigenvalue weighted by Crippen LogP contribution is 2.32. The van der Waals surface area contributed by atoms with Crippen molar-refractivity contribution in [3.8, 4) is 0 Å². The minimum Gasteiger partial charge on any atom is -0.324 e. The molecule has 108 valence electrons. The second kappa shape index (κ2) is 5.18. The SMILES string of the molecule is Cn1ccc(C(=O)N2CCC(N)c3ccccc32)cc1=O. The summed E-state index contributed by atoms with van der Waals surface area (Å²) in [5.41, 5.74) is 8.12. The number of fused-ring (bicyclic) bond motifs is 1. The summed E-state index contributed by atoms with van der Waals surface area (Å²) in [4.78, 5) is 26.1. The molecule has 0 saturated heterocycles. The molecule has 5 heteroatoms. The molecular formula is C16H17N3O2. The van der Waals surface area contributed by atoms with E-state index >= 15 is 0 Å². The number of rotatable bonds is 1. The van der Waals surface area contributed by atoms with Gasteiger partial charge in [0.25, 0.3) is 11.5 Å². The van der Waals surface area contributed by atoms with Gasteiger partial charge in [0.1, 0.15) is 0 Å². The van der Waals surface area contributed by atoms with Crippen molar-refractivity contribution in [1.82, 2.24) is 4.57 Å². The molecule has 2 N–H and O–H groups in total. The molecule has 0 saturated carbocycles. The molecule has 5 nitrogen and oxygen atoms in total. The Morgan fingerprint density at radius 3 is 2.81 bits per heavy atom. The number of para-hydroxylation sites is 1. The molecule has 1 amide bonds. The van der Waals surface area contributed by atoms with E-state index in [1.807, 2.05) is 24.3 Å². The van der Waals surface area contributed by atoms with E-state index in [0.717, 1.165) is 11.3 Å². The topological polar surface area (TPSA) is 68.3 Å². The van der Waals surface area contributed by atoms with Gasteiger partial charge in [-0.3, -0.25) is 9.59 Å². The van der Waals surface area contributed by atoms with Crippen molar-refractivity contribution in [2.75, 3.05) is 11.4 Å². The highest BCUT2D eigenvalue weighted by atomic mass is 16.2. The lowest BCUT2D eigenvalue weighted by Crippen LogP contribution is -2.38. The van der Waals surface area contributed by atoms with Crippen LogP contribution < -0.4 is 16.2 Å². The second-order valence-electron chi connectivity index (χ2n) is 5.28. The minimum absolute atomic E-state index is 0.0473. The largest absolute Gasteiger partial charge is 0.324 e. The van der Waals surface area contributed by atoms with E-state index in [0.29, 0.717) is 18.5 Å². The van der Waals surface area contributed by atoms with Gasteiger partial charge in [-0.05, 0) is 24.1 Å². The van der Waals surface area contributed by atoms with E-state index in [-0.39, 0.29) is 17.5 Å². The molecule has 1 atom stereocenters. The number of nitrogens with zero attached hydrogens (tertiary/aromatic N) is 2. The molecule has 1 aromatic heterocycles. The first-order valence-corrected chi connectivity index (χ1v) is 6.91. The van der Waals surface area contributed by atoms with Gasteiger partial charge in [0, 0.05) is 43.1 Å². The molecular weight excluding hydrogens is 266 g/mol. The fourth-order valence-corrected chi connectivity index (χ4v) is 2.64. The van der Waals surface area contributed by atoms with E-state index in [4.69, 9.17) is 5.73 Å². The van der Waals surface area contributed by atoms with Gasteiger partial charge in [0.15, 0.2) is 0 Å². The quantitative estimate of drug-likeness (QED) is 0.861. The Bertz CT molecular complexity index is 751. The van der Waals surface area contributed by atoms with Gasteiger partial charge < -0.3 is 15.2 Å². The molecule has 0 aliphatic carbocycles. The van der Waals surface area contributed by atoms with Crippen molar-refractivity contribution in [3.05, 3.63) is 64.1 Å². The van der Waals surface area contributed by atoms with E-state index < -0.39 is 0 Å². The van der Waals surface area contributed by atoms with Crippen molar-refractivity contribution in [3.63, 3.8) is 0 Å². The molecule has 2 aromatic rings. The molecule has 1 aromatic carbocycles. The van der Waals surface area contributed by atoms with Crippen LogP contribution in [0.5, 0.6) is 0 Å². The zero-order valence-electron chi connectivity index (χ0n) is 11.8. The number of benzene rings is 1. The number of nitrogens with two attached hydrogens (primary N) is 1. The van der Waals surface area contributed by atoms with Crippen LogP contribution in [0.2, 0.25) is 0 Å². The molecule has 2 heterocycles. The van der Waals surface area contributed by atoms with Gasteiger partial charge in [-0.25, -0.2) is 0 Å². The number of anilines is 1. The van der Waals surface area contributed by atoms with Crippen molar-refractivity contribution in [1.29, 1.82) is 0 Å². The van der Waals surface area contributed by atoms with Crippen molar-refractivity contribution in [2.24, 2.45) is 12.8 Å². The summed E-state index contributed by atoms with van der Waals surface area (Å²) in [5.74, 6) is -0.160. The molecule has 21 heavy (non-hydrogen) atoms. The van der Waals surface area contributed by atoms with E-state index in [9.17, 15) is 9.59 Å². The lowest BCUT2D eigenvalue weighted by atomic mass is 9.96. The number of carbonyl (C=O) groups is 1. The monoisotopic (exact) mass is 283 g/mol. The normalized spacial score (nSPS) is 17.4. The van der Waals surface area contributed by atoms with Crippen LogP contribution in [0.3, 0.4) is 0 Å². The summed E-state index contributed by atoms with van der Waals surface area (Å²) in [6, 6.07) is 10.7. The van der Waals surface area contributed by atoms with Crippen molar-refractivity contribution < 1.29 is 4.79 Å². The van der Waals surface area contributed by atoms with Gasteiger partial charge in [-0.15, -0.1) is 0 Å². The maximum Gasteiger partial charge on any atom is 0.258 e. The zero-order valence-corrected chi connectivity index (χ0v) is 11.8. The van der Waals surface area contributed by atoms with Crippen LogP contribution in [-0.2, 0) is 7.05 Å². The van der Waals surface area contributed by atoms with Crippen molar-refractivity contribution in [2.45, 2.75) is 12.5 Å². The Kier molecular flexibility index (Phi) is 3.35. The average Bonchev–Trinajstić information content (AvgIpc) is 2.50. The first kappa shape index (κ1) is 13.6. The van der Waals surface area contributed by atoms with Crippen LogP contribution in [0.15, 0.2) is 47.4 Å². The summed E-state index contributed by atoms with van der Waals surface area (Å²) in [6.07, 6.45) is 2.32. The number of pyridine rings is 1. The van der Waals surface area contributed by atoms with Crippen LogP contribution in [0.4, 0.5) is 5.69 Å². The first-order valence-electron chi connectivity index (χ1n) is 6.91. The van der Waals surface area contributed by atoms with Gasteiger partial charge >= 0.3 is 0 Å². The lowest BCUT2D eigenvalue weighted by molar-refractivity contribution is 0.0984. The summed E-state index contributed by atoms with van der Waals surface area (Å²) >= 11 is 0. The summed E-state index contributed by atoms with van der Waals surface area (Å²) < 4.78 is 1.44.